The Morgan fingerprint density at radius 3 is 2.78 bits per heavy atom. The third-order valence-electron chi connectivity index (χ3n) is 3.23. The van der Waals surface area contributed by atoms with Gasteiger partial charge in [0.05, 0.1) is 12.0 Å². The maximum absolute atomic E-state index is 12.1. The zero-order valence-corrected chi connectivity index (χ0v) is 16.5. The van der Waals surface area contributed by atoms with Crippen LogP contribution in [0.3, 0.4) is 0 Å². The first kappa shape index (κ1) is 18.1. The number of hydrogen-bond acceptors (Lipinski definition) is 5. The van der Waals surface area contributed by atoms with Crippen LogP contribution in [0.4, 0.5) is 0 Å². The Kier molecular flexibility index (Phi) is 5.93. The van der Waals surface area contributed by atoms with Crippen molar-refractivity contribution in [1.82, 2.24) is 14.8 Å². The number of aromatic nitrogens is 3. The van der Waals surface area contributed by atoms with Gasteiger partial charge in [-0.2, -0.15) is 5.10 Å². The molecule has 0 saturated carbocycles. The smallest absolute Gasteiger partial charge is 0.359 e. The van der Waals surface area contributed by atoms with Gasteiger partial charge in [0.15, 0.2) is 11.3 Å². The summed E-state index contributed by atoms with van der Waals surface area (Å²) in [7, 11) is -1.13. The Labute approximate surface area is 145 Å². The summed E-state index contributed by atoms with van der Waals surface area (Å²) in [6.07, 6.45) is 1.68. The molecular weight excluding hydrogens is 378 g/mol. The fourth-order valence-corrected chi connectivity index (χ4v) is 3.09. The summed E-state index contributed by atoms with van der Waals surface area (Å²) in [6, 6.07) is 2.90. The molecule has 0 aromatic carbocycles. The first-order valence-electron chi connectivity index (χ1n) is 7.59. The van der Waals surface area contributed by atoms with Crippen LogP contribution in [0.15, 0.2) is 16.7 Å². The highest BCUT2D eigenvalue weighted by Crippen LogP contribution is 2.22. The van der Waals surface area contributed by atoms with Crippen molar-refractivity contribution < 1.29 is 14.3 Å². The second kappa shape index (κ2) is 7.54. The highest BCUT2D eigenvalue weighted by molar-refractivity contribution is 9.10. The normalized spacial score (nSPS) is 11.9. The van der Waals surface area contributed by atoms with Gasteiger partial charge in [-0.25, -0.2) is 14.5 Å². The summed E-state index contributed by atoms with van der Waals surface area (Å²) in [5.41, 5.74) is 0.883. The van der Waals surface area contributed by atoms with Gasteiger partial charge in [-0.1, -0.05) is 19.6 Å². The van der Waals surface area contributed by atoms with E-state index in [9.17, 15) is 4.79 Å². The van der Waals surface area contributed by atoms with Crippen LogP contribution in [0.25, 0.3) is 11.0 Å². The van der Waals surface area contributed by atoms with Crippen LogP contribution in [-0.4, -0.2) is 42.0 Å². The molecule has 0 N–H and O–H groups in total. The summed E-state index contributed by atoms with van der Waals surface area (Å²) < 4.78 is 13.2. The zero-order valence-electron chi connectivity index (χ0n) is 13.9. The van der Waals surface area contributed by atoms with Gasteiger partial charge in [-0.3, -0.25) is 0 Å². The number of fused-ring (bicyclic) bond motifs is 1. The summed E-state index contributed by atoms with van der Waals surface area (Å²) in [6.45, 7) is 9.94. The Morgan fingerprint density at radius 2 is 2.13 bits per heavy atom. The summed E-state index contributed by atoms with van der Waals surface area (Å²) >= 11 is 3.37. The lowest BCUT2D eigenvalue weighted by atomic mass is 10.2. The van der Waals surface area contributed by atoms with Crippen LogP contribution in [0.1, 0.15) is 17.4 Å². The second-order valence-corrected chi connectivity index (χ2v) is 13.0. The fraction of sp³-hybridized carbons (Fsp3) is 0.533. The first-order valence-corrected chi connectivity index (χ1v) is 12.1. The first-order chi connectivity index (χ1) is 10.8. The molecule has 0 spiro atoms. The molecule has 23 heavy (non-hydrogen) atoms. The minimum atomic E-state index is -1.13. The topological polar surface area (TPSA) is 66.2 Å². The highest BCUT2D eigenvalue weighted by atomic mass is 79.9. The average molecular weight is 400 g/mol. The molecule has 0 aliphatic heterocycles. The summed E-state index contributed by atoms with van der Waals surface area (Å²) in [5, 5.41) is 4.99. The van der Waals surface area contributed by atoms with Crippen LogP contribution < -0.4 is 0 Å². The minimum Gasteiger partial charge on any atom is -0.461 e. The molecule has 2 rings (SSSR count). The molecule has 0 aliphatic rings. The number of hydrogen-bond donors (Lipinski definition) is 0. The number of nitrogens with zero attached hydrogens (tertiary/aromatic N) is 3. The van der Waals surface area contributed by atoms with Crippen LogP contribution in [0.2, 0.25) is 25.7 Å². The van der Waals surface area contributed by atoms with Crippen molar-refractivity contribution >= 4 is 41.0 Å². The lowest BCUT2D eigenvalue weighted by molar-refractivity contribution is 0.0513. The Morgan fingerprint density at radius 1 is 1.39 bits per heavy atom. The Bertz CT molecular complexity index is 697. The SMILES string of the molecule is CCOC(=O)c1nn(COCC[Si](C)(C)C)c2ncc(Br)cc12. The molecule has 2 heterocycles. The number of halogens is 1. The molecule has 126 valence electrons. The summed E-state index contributed by atoms with van der Waals surface area (Å²) in [5.74, 6) is -0.446. The second-order valence-electron chi connectivity index (χ2n) is 6.44. The number of ether oxygens (including phenoxy) is 2. The number of rotatable bonds is 7. The Hall–Kier alpha value is -1.25. The highest BCUT2D eigenvalue weighted by Gasteiger charge is 2.20. The van der Waals surface area contributed by atoms with Crippen molar-refractivity contribution in [3.05, 3.63) is 22.4 Å². The van der Waals surface area contributed by atoms with Gasteiger partial charge in [0, 0.05) is 25.4 Å². The van der Waals surface area contributed by atoms with Crippen molar-refractivity contribution in [2.24, 2.45) is 0 Å². The number of esters is 1. The Balaban J connectivity index is 2.21. The van der Waals surface area contributed by atoms with Crippen LogP contribution >= 0.6 is 15.9 Å². The van der Waals surface area contributed by atoms with E-state index in [4.69, 9.17) is 9.47 Å². The molecule has 8 heteroatoms. The van der Waals surface area contributed by atoms with E-state index in [2.05, 4.69) is 45.7 Å². The minimum absolute atomic E-state index is 0.268. The lowest BCUT2D eigenvalue weighted by Crippen LogP contribution is -2.22. The van der Waals surface area contributed by atoms with Gasteiger partial charge in [-0.05, 0) is 35.0 Å². The predicted octanol–water partition coefficient (Wildman–Crippen LogP) is 3.68. The molecular formula is C15H22BrN3O3Si. The van der Waals surface area contributed by atoms with E-state index in [1.165, 1.54) is 0 Å². The van der Waals surface area contributed by atoms with Crippen molar-refractivity contribution in [2.75, 3.05) is 13.2 Å². The van der Waals surface area contributed by atoms with Crippen molar-refractivity contribution in [2.45, 2.75) is 39.3 Å². The van der Waals surface area contributed by atoms with E-state index in [1.807, 2.05) is 6.07 Å². The standard InChI is InChI=1S/C15H22BrN3O3Si/c1-5-22-15(20)13-12-8-11(16)9-17-14(12)19(18-13)10-21-6-7-23(2,3)4/h8-9H,5-7,10H2,1-4H3. The van der Waals surface area contributed by atoms with Crippen molar-refractivity contribution in [3.8, 4) is 0 Å². The van der Waals surface area contributed by atoms with Gasteiger partial charge in [-0.15, -0.1) is 0 Å². The number of carbonyl (C=O) groups is 1. The molecule has 0 saturated heterocycles. The number of pyridine rings is 1. The molecule has 6 nitrogen and oxygen atoms in total. The van der Waals surface area contributed by atoms with E-state index < -0.39 is 14.0 Å². The monoisotopic (exact) mass is 399 g/mol. The van der Waals surface area contributed by atoms with Gasteiger partial charge < -0.3 is 9.47 Å². The van der Waals surface area contributed by atoms with Gasteiger partial charge in [0.1, 0.15) is 6.73 Å². The molecule has 0 radical (unpaired) electrons. The molecule has 0 aliphatic carbocycles. The van der Waals surface area contributed by atoms with E-state index in [-0.39, 0.29) is 12.4 Å². The zero-order chi connectivity index (χ0) is 17.0. The average Bonchev–Trinajstić information content (AvgIpc) is 2.81. The maximum atomic E-state index is 12.1. The molecule has 2 aromatic heterocycles. The van der Waals surface area contributed by atoms with E-state index in [1.54, 1.807) is 17.8 Å². The number of carbonyl (C=O) groups excluding carboxylic acids is 1. The van der Waals surface area contributed by atoms with Crippen molar-refractivity contribution in [3.63, 3.8) is 0 Å². The van der Waals surface area contributed by atoms with Crippen LogP contribution in [0, 0.1) is 0 Å². The summed E-state index contributed by atoms with van der Waals surface area (Å²) in [4.78, 5) is 16.4. The molecule has 0 amide bonds. The quantitative estimate of drug-likeness (QED) is 0.403. The molecule has 0 fully saturated rings. The molecule has 0 bridgehead atoms. The van der Waals surface area contributed by atoms with E-state index in [0.717, 1.165) is 10.5 Å². The van der Waals surface area contributed by atoms with E-state index in [0.29, 0.717) is 24.2 Å². The lowest BCUT2D eigenvalue weighted by Gasteiger charge is -2.15. The van der Waals surface area contributed by atoms with Gasteiger partial charge in [0.25, 0.3) is 0 Å². The van der Waals surface area contributed by atoms with Gasteiger partial charge in [0.2, 0.25) is 0 Å². The third kappa shape index (κ3) is 4.86. The van der Waals surface area contributed by atoms with Crippen LogP contribution in [-0.2, 0) is 16.2 Å². The van der Waals surface area contributed by atoms with Crippen molar-refractivity contribution in [1.29, 1.82) is 0 Å². The molecule has 0 unspecified atom stereocenters. The maximum Gasteiger partial charge on any atom is 0.359 e. The predicted molar refractivity (Wildman–Crippen MR) is 95.3 cm³/mol. The fourth-order valence-electron chi connectivity index (χ4n) is 2.00. The van der Waals surface area contributed by atoms with E-state index >= 15 is 0 Å². The molecule has 2 aromatic rings. The third-order valence-corrected chi connectivity index (χ3v) is 5.37. The largest absolute Gasteiger partial charge is 0.461 e. The van der Waals surface area contributed by atoms with Gasteiger partial charge >= 0.3 is 5.97 Å². The van der Waals surface area contributed by atoms with Crippen LogP contribution in [0.5, 0.6) is 0 Å². The molecule has 0 atom stereocenters.